The summed E-state index contributed by atoms with van der Waals surface area (Å²) in [6, 6.07) is 21.8. The van der Waals surface area contributed by atoms with Crippen LogP contribution in [0.4, 0.5) is 5.82 Å². The van der Waals surface area contributed by atoms with E-state index < -0.39 is 0 Å². The molecule has 0 spiro atoms. The normalized spacial score (nSPS) is 16.8. The fourth-order valence-corrected chi connectivity index (χ4v) is 7.01. The Balaban J connectivity index is 1.64. The number of hydrogen-bond donors (Lipinski definition) is 0. The highest BCUT2D eigenvalue weighted by atomic mass is 32.2. The van der Waals surface area contributed by atoms with Crippen LogP contribution in [0.5, 0.6) is 11.5 Å². The molecule has 1 saturated heterocycles. The fourth-order valence-electron chi connectivity index (χ4n) is 5.80. The molecule has 2 aliphatic rings. The largest absolute Gasteiger partial charge is 0.497 e. The first-order valence-corrected chi connectivity index (χ1v) is 15.7. The maximum absolute atomic E-state index is 14.1. The number of anilines is 1. The third-order valence-corrected chi connectivity index (χ3v) is 9.55. The van der Waals surface area contributed by atoms with Crippen LogP contribution >= 0.6 is 11.8 Å². The summed E-state index contributed by atoms with van der Waals surface area (Å²) < 4.78 is 18.8. The van der Waals surface area contributed by atoms with Crippen LogP contribution in [0.2, 0.25) is 0 Å². The number of amides is 2. The lowest BCUT2D eigenvalue weighted by Gasteiger charge is -2.30. The Morgan fingerprint density at radius 3 is 2.50 bits per heavy atom. The number of aryl methyl sites for hydroxylation is 1. The van der Waals surface area contributed by atoms with E-state index in [0.29, 0.717) is 43.6 Å². The smallest absolute Gasteiger partial charge is 0.242 e. The second kappa shape index (κ2) is 12.8. The summed E-state index contributed by atoms with van der Waals surface area (Å²) in [6.45, 7) is 5.98. The first-order valence-electron chi connectivity index (χ1n) is 14.7. The standard InChI is InChI=1S/C34H36N4O5S/c1-22-9-8-12-27(23(22)2)38-34-31(32(35-38)24-10-6-5-7-11-24)33(26-19-25(41-3)13-14-28(26)42-4)44-21-30(40)37(34)20-29(39)36-15-17-43-18-16-36/h5-14,19,33H,15-18,20-21H2,1-4H3/t33-/m0/s1. The van der Waals surface area contributed by atoms with Crippen LogP contribution in [0.25, 0.3) is 16.9 Å². The molecule has 6 rings (SSSR count). The molecule has 1 aromatic heterocycles. The zero-order valence-corrected chi connectivity index (χ0v) is 26.2. The van der Waals surface area contributed by atoms with Crippen molar-refractivity contribution in [3.8, 4) is 28.4 Å². The minimum absolute atomic E-state index is 0.0981. The highest BCUT2D eigenvalue weighted by Gasteiger charge is 2.39. The highest BCUT2D eigenvalue weighted by molar-refractivity contribution is 8.00. The second-order valence-electron chi connectivity index (χ2n) is 10.9. The molecule has 0 unspecified atom stereocenters. The summed E-state index contributed by atoms with van der Waals surface area (Å²) >= 11 is 1.50. The summed E-state index contributed by atoms with van der Waals surface area (Å²) in [4.78, 5) is 31.3. The molecule has 3 heterocycles. The Labute approximate surface area is 261 Å². The lowest BCUT2D eigenvalue weighted by molar-refractivity contribution is -0.134. The Morgan fingerprint density at radius 2 is 1.77 bits per heavy atom. The Kier molecular flexibility index (Phi) is 8.63. The van der Waals surface area contributed by atoms with Crippen molar-refractivity contribution < 1.29 is 23.8 Å². The molecule has 0 N–H and O–H groups in total. The molecular formula is C34H36N4O5S. The summed E-state index contributed by atoms with van der Waals surface area (Å²) in [5.41, 5.74) is 6.35. The van der Waals surface area contributed by atoms with Crippen LogP contribution in [0.1, 0.15) is 27.5 Å². The SMILES string of the molecule is COc1ccc(OC)c([C@@H]2SCC(=O)N(CC(=O)N3CCOCC3)c3c2c(-c2ccccc2)nn3-c2cccc(C)c2C)c1. The van der Waals surface area contributed by atoms with Gasteiger partial charge in [-0.05, 0) is 49.2 Å². The number of hydrogen-bond acceptors (Lipinski definition) is 7. The van der Waals surface area contributed by atoms with Crippen LogP contribution in [0.15, 0.2) is 66.7 Å². The summed E-state index contributed by atoms with van der Waals surface area (Å²) in [7, 11) is 3.28. The molecule has 4 aromatic rings. The van der Waals surface area contributed by atoms with Crippen molar-refractivity contribution in [1.29, 1.82) is 0 Å². The van der Waals surface area contributed by atoms with Crippen LogP contribution in [0.3, 0.4) is 0 Å². The number of benzene rings is 3. The molecule has 3 aromatic carbocycles. The van der Waals surface area contributed by atoms with Crippen LogP contribution < -0.4 is 14.4 Å². The zero-order valence-electron chi connectivity index (χ0n) is 25.4. The molecule has 0 radical (unpaired) electrons. The minimum Gasteiger partial charge on any atom is -0.497 e. The minimum atomic E-state index is -0.350. The molecule has 2 aliphatic heterocycles. The van der Waals surface area contributed by atoms with Gasteiger partial charge < -0.3 is 19.1 Å². The van der Waals surface area contributed by atoms with Gasteiger partial charge in [-0.2, -0.15) is 5.10 Å². The van der Waals surface area contributed by atoms with E-state index in [-0.39, 0.29) is 29.4 Å². The van der Waals surface area contributed by atoms with E-state index in [2.05, 4.69) is 19.9 Å². The maximum atomic E-state index is 14.1. The van der Waals surface area contributed by atoms with Gasteiger partial charge in [0.2, 0.25) is 11.8 Å². The van der Waals surface area contributed by atoms with Gasteiger partial charge in [-0.25, -0.2) is 4.68 Å². The monoisotopic (exact) mass is 612 g/mol. The molecule has 0 bridgehead atoms. The van der Waals surface area contributed by atoms with Crippen molar-refractivity contribution in [2.75, 3.05) is 57.7 Å². The van der Waals surface area contributed by atoms with Gasteiger partial charge in [0.15, 0.2) is 0 Å². The van der Waals surface area contributed by atoms with Crippen LogP contribution in [-0.4, -0.2) is 79.3 Å². The average Bonchev–Trinajstić information content (AvgIpc) is 3.38. The van der Waals surface area contributed by atoms with E-state index in [9.17, 15) is 9.59 Å². The Morgan fingerprint density at radius 1 is 1.00 bits per heavy atom. The molecule has 9 nitrogen and oxygen atoms in total. The molecule has 0 aliphatic carbocycles. The number of fused-ring (bicyclic) bond motifs is 1. The van der Waals surface area contributed by atoms with E-state index in [0.717, 1.165) is 39.2 Å². The quantitative estimate of drug-likeness (QED) is 0.284. The summed E-state index contributed by atoms with van der Waals surface area (Å²) in [5, 5.41) is 4.90. The number of morpholine rings is 1. The molecule has 44 heavy (non-hydrogen) atoms. The third kappa shape index (κ3) is 5.55. The van der Waals surface area contributed by atoms with Crippen molar-refractivity contribution in [3.05, 3.63) is 89.0 Å². The molecule has 228 valence electrons. The van der Waals surface area contributed by atoms with Gasteiger partial charge in [0.05, 0.1) is 49.8 Å². The topological polar surface area (TPSA) is 86.1 Å². The van der Waals surface area contributed by atoms with E-state index in [1.54, 1.807) is 24.0 Å². The molecule has 2 amide bonds. The molecule has 1 fully saturated rings. The molecular weight excluding hydrogens is 576 g/mol. The molecule has 1 atom stereocenters. The van der Waals surface area contributed by atoms with Gasteiger partial charge in [0, 0.05) is 29.8 Å². The Hall–Kier alpha value is -4.28. The van der Waals surface area contributed by atoms with Crippen LogP contribution in [-0.2, 0) is 14.3 Å². The lowest BCUT2D eigenvalue weighted by atomic mass is 9.98. The number of carbonyl (C=O) groups excluding carboxylic acids is 2. The van der Waals surface area contributed by atoms with Crippen molar-refractivity contribution in [1.82, 2.24) is 14.7 Å². The molecule has 10 heteroatoms. The van der Waals surface area contributed by atoms with Crippen LogP contribution in [0, 0.1) is 13.8 Å². The number of methoxy groups -OCH3 is 2. The maximum Gasteiger partial charge on any atom is 0.242 e. The van der Waals surface area contributed by atoms with Gasteiger partial charge in [-0.15, -0.1) is 11.8 Å². The first-order chi connectivity index (χ1) is 21.4. The lowest BCUT2D eigenvalue weighted by Crippen LogP contribution is -2.48. The van der Waals surface area contributed by atoms with Crippen molar-refractivity contribution >= 4 is 29.4 Å². The Bertz CT molecular complexity index is 1680. The van der Waals surface area contributed by atoms with E-state index in [4.69, 9.17) is 19.3 Å². The number of rotatable bonds is 7. The number of aromatic nitrogens is 2. The van der Waals surface area contributed by atoms with Gasteiger partial charge in [0.1, 0.15) is 23.9 Å². The number of carbonyl (C=O) groups is 2. The first kappa shape index (κ1) is 29.8. The van der Waals surface area contributed by atoms with Gasteiger partial charge in [0.25, 0.3) is 0 Å². The van der Waals surface area contributed by atoms with Crippen molar-refractivity contribution in [2.45, 2.75) is 19.1 Å². The molecule has 0 saturated carbocycles. The zero-order chi connectivity index (χ0) is 30.8. The third-order valence-electron chi connectivity index (χ3n) is 8.32. The number of thioether (sulfide) groups is 1. The summed E-state index contributed by atoms with van der Waals surface area (Å²) in [5.74, 6) is 1.83. The van der Waals surface area contributed by atoms with E-state index in [1.807, 2.05) is 65.3 Å². The van der Waals surface area contributed by atoms with E-state index in [1.165, 1.54) is 11.8 Å². The second-order valence-corrected chi connectivity index (χ2v) is 11.9. The summed E-state index contributed by atoms with van der Waals surface area (Å²) in [6.07, 6.45) is 0. The van der Waals surface area contributed by atoms with Gasteiger partial charge in [-0.1, -0.05) is 42.5 Å². The average molecular weight is 613 g/mol. The predicted octanol–water partition coefficient (Wildman–Crippen LogP) is 5.20. The van der Waals surface area contributed by atoms with Gasteiger partial charge >= 0.3 is 0 Å². The fraction of sp³-hybridized carbons (Fsp3) is 0.324. The van der Waals surface area contributed by atoms with E-state index >= 15 is 0 Å². The number of nitrogens with zero attached hydrogens (tertiary/aromatic N) is 4. The van der Waals surface area contributed by atoms with Crippen molar-refractivity contribution in [2.24, 2.45) is 0 Å². The van der Waals surface area contributed by atoms with Gasteiger partial charge in [-0.3, -0.25) is 14.5 Å². The van der Waals surface area contributed by atoms with Crippen molar-refractivity contribution in [3.63, 3.8) is 0 Å². The highest BCUT2D eigenvalue weighted by Crippen LogP contribution is 2.51. The number of ether oxygens (including phenoxy) is 3. The predicted molar refractivity (Wildman–Crippen MR) is 172 cm³/mol.